The van der Waals surface area contributed by atoms with E-state index >= 15 is 0 Å². The molecule has 108 valence electrons. The highest BCUT2D eigenvalue weighted by atomic mass is 16.3. The number of nitrogens with zero attached hydrogens (tertiary/aromatic N) is 1. The van der Waals surface area contributed by atoms with E-state index in [2.05, 4.69) is 19.1 Å². The van der Waals surface area contributed by atoms with E-state index in [1.165, 1.54) is 6.92 Å². The molecule has 3 atom stereocenters. The van der Waals surface area contributed by atoms with Crippen LogP contribution in [0.4, 0.5) is 0 Å². The van der Waals surface area contributed by atoms with Gasteiger partial charge in [-0.25, -0.2) is 0 Å². The zero-order chi connectivity index (χ0) is 14.3. The highest BCUT2D eigenvalue weighted by Crippen LogP contribution is 2.22. The molecule has 2 N–H and O–H groups in total. The van der Waals surface area contributed by atoms with Gasteiger partial charge in [-0.1, -0.05) is 31.2 Å². The highest BCUT2D eigenvalue weighted by Gasteiger charge is 2.33. The molecule has 0 aromatic carbocycles. The number of carbonyl (C=O) groups is 1. The lowest BCUT2D eigenvalue weighted by Crippen LogP contribution is -2.46. The number of rotatable bonds is 6. The maximum Gasteiger partial charge on any atom is 0.254 e. The van der Waals surface area contributed by atoms with Gasteiger partial charge >= 0.3 is 0 Å². The van der Waals surface area contributed by atoms with Crippen molar-refractivity contribution >= 4 is 5.91 Å². The van der Waals surface area contributed by atoms with Gasteiger partial charge in [0, 0.05) is 12.6 Å². The Morgan fingerprint density at radius 3 is 2.68 bits per heavy atom. The summed E-state index contributed by atoms with van der Waals surface area (Å²) < 4.78 is 0. The molecule has 1 fully saturated rings. The van der Waals surface area contributed by atoms with Crippen molar-refractivity contribution in [3.63, 3.8) is 0 Å². The molecular formula is C15H25NO3. The maximum absolute atomic E-state index is 12.0. The molecule has 0 aliphatic carbocycles. The molecule has 0 aromatic rings. The molecule has 1 aliphatic heterocycles. The first-order valence-corrected chi connectivity index (χ1v) is 7.06. The van der Waals surface area contributed by atoms with Crippen LogP contribution in [0.25, 0.3) is 0 Å². The minimum Gasteiger partial charge on any atom is -0.390 e. The summed E-state index contributed by atoms with van der Waals surface area (Å²) in [6.45, 7) is 4.19. The van der Waals surface area contributed by atoms with E-state index in [4.69, 9.17) is 0 Å². The van der Waals surface area contributed by atoms with E-state index in [1.807, 2.05) is 12.2 Å². The Bertz CT molecular complexity index is 336. The Balaban J connectivity index is 2.52. The largest absolute Gasteiger partial charge is 0.390 e. The topological polar surface area (TPSA) is 60.8 Å². The van der Waals surface area contributed by atoms with Gasteiger partial charge in [-0.2, -0.15) is 0 Å². The van der Waals surface area contributed by atoms with Crippen molar-refractivity contribution in [2.45, 2.75) is 57.8 Å². The summed E-state index contributed by atoms with van der Waals surface area (Å²) in [5.74, 6) is -0.352. The Hall–Kier alpha value is -1.13. The van der Waals surface area contributed by atoms with Crippen LogP contribution >= 0.6 is 0 Å². The lowest BCUT2D eigenvalue weighted by atomic mass is 10.1. The molecule has 1 amide bonds. The van der Waals surface area contributed by atoms with Gasteiger partial charge in [-0.3, -0.25) is 4.79 Å². The van der Waals surface area contributed by atoms with Gasteiger partial charge in [0.15, 0.2) is 6.10 Å². The van der Waals surface area contributed by atoms with Crippen LogP contribution in [-0.2, 0) is 4.79 Å². The first-order valence-electron chi connectivity index (χ1n) is 7.06. The van der Waals surface area contributed by atoms with Crippen molar-refractivity contribution in [2.24, 2.45) is 0 Å². The average molecular weight is 267 g/mol. The second kappa shape index (κ2) is 8.12. The van der Waals surface area contributed by atoms with Crippen molar-refractivity contribution < 1.29 is 15.0 Å². The fourth-order valence-electron chi connectivity index (χ4n) is 2.28. The first kappa shape index (κ1) is 15.9. The lowest BCUT2D eigenvalue weighted by molar-refractivity contribution is -0.146. The van der Waals surface area contributed by atoms with Gasteiger partial charge in [-0.05, 0) is 32.6 Å². The second-order valence-corrected chi connectivity index (χ2v) is 5.01. The summed E-state index contributed by atoms with van der Waals surface area (Å²) in [6, 6.07) is 0.146. The molecule has 1 aliphatic rings. The van der Waals surface area contributed by atoms with E-state index in [1.54, 1.807) is 4.90 Å². The maximum atomic E-state index is 12.0. The summed E-state index contributed by atoms with van der Waals surface area (Å²) in [5.41, 5.74) is 0. The third-order valence-corrected chi connectivity index (χ3v) is 3.40. The van der Waals surface area contributed by atoms with Gasteiger partial charge in [0.2, 0.25) is 0 Å². The molecule has 3 unspecified atom stereocenters. The quantitative estimate of drug-likeness (QED) is 0.719. The number of likely N-dealkylation sites (tertiary alicyclic amines) is 1. The monoisotopic (exact) mass is 267 g/mol. The summed E-state index contributed by atoms with van der Waals surface area (Å²) in [6.07, 6.45) is 9.54. The SMILES string of the molecule is CC/C=C\C=C/CC1CCCN1C(=O)C(O)C(C)O. The first-order chi connectivity index (χ1) is 9.07. The summed E-state index contributed by atoms with van der Waals surface area (Å²) >= 11 is 0. The third kappa shape index (κ3) is 4.80. The molecule has 4 heteroatoms. The van der Waals surface area contributed by atoms with Crippen LogP contribution in [0.2, 0.25) is 0 Å². The van der Waals surface area contributed by atoms with Crippen LogP contribution < -0.4 is 0 Å². The lowest BCUT2D eigenvalue weighted by Gasteiger charge is -2.27. The summed E-state index contributed by atoms with van der Waals surface area (Å²) in [7, 11) is 0. The number of hydrogen-bond donors (Lipinski definition) is 2. The van der Waals surface area contributed by atoms with E-state index in [0.717, 1.165) is 25.7 Å². The number of amides is 1. The van der Waals surface area contributed by atoms with Crippen molar-refractivity contribution in [1.82, 2.24) is 4.90 Å². The fourth-order valence-corrected chi connectivity index (χ4v) is 2.28. The molecule has 1 heterocycles. The molecule has 4 nitrogen and oxygen atoms in total. The van der Waals surface area contributed by atoms with Crippen LogP contribution in [0.5, 0.6) is 0 Å². The molecule has 0 radical (unpaired) electrons. The van der Waals surface area contributed by atoms with Gasteiger partial charge in [-0.15, -0.1) is 0 Å². The van der Waals surface area contributed by atoms with Gasteiger partial charge in [0.25, 0.3) is 5.91 Å². The van der Waals surface area contributed by atoms with Crippen LogP contribution in [0.1, 0.15) is 39.5 Å². The van der Waals surface area contributed by atoms with Gasteiger partial charge in [0.1, 0.15) is 0 Å². The minimum atomic E-state index is -1.30. The van der Waals surface area contributed by atoms with Crippen LogP contribution in [-0.4, -0.2) is 45.8 Å². The van der Waals surface area contributed by atoms with E-state index in [9.17, 15) is 15.0 Å². The van der Waals surface area contributed by atoms with Gasteiger partial charge in [0.05, 0.1) is 6.10 Å². The zero-order valence-corrected chi connectivity index (χ0v) is 11.8. The standard InChI is InChI=1S/C15H25NO3/c1-3-4-5-6-7-9-13-10-8-11-16(13)15(19)14(18)12(2)17/h4-7,12-14,17-18H,3,8-11H2,1-2H3/b5-4-,7-6-. The number of hydrogen-bond acceptors (Lipinski definition) is 3. The fraction of sp³-hybridized carbons (Fsp3) is 0.667. The summed E-state index contributed by atoms with van der Waals surface area (Å²) in [5, 5.41) is 18.9. The molecule has 0 spiro atoms. The molecule has 0 saturated carbocycles. The Kier molecular flexibility index (Phi) is 6.81. The van der Waals surface area contributed by atoms with E-state index in [0.29, 0.717) is 6.54 Å². The van der Waals surface area contributed by atoms with E-state index in [-0.39, 0.29) is 11.9 Å². The molecule has 19 heavy (non-hydrogen) atoms. The predicted octanol–water partition coefficient (Wildman–Crippen LogP) is 1.63. The highest BCUT2D eigenvalue weighted by molar-refractivity contribution is 5.81. The predicted molar refractivity (Wildman–Crippen MR) is 75.6 cm³/mol. The van der Waals surface area contributed by atoms with Crippen molar-refractivity contribution in [2.75, 3.05) is 6.54 Å². The summed E-state index contributed by atoms with van der Waals surface area (Å²) in [4.78, 5) is 13.7. The molecular weight excluding hydrogens is 242 g/mol. The van der Waals surface area contributed by atoms with Crippen LogP contribution in [0.15, 0.2) is 24.3 Å². The number of carbonyl (C=O) groups excluding carboxylic acids is 1. The Morgan fingerprint density at radius 1 is 1.37 bits per heavy atom. The number of aliphatic hydroxyl groups is 2. The molecule has 1 saturated heterocycles. The minimum absolute atomic E-state index is 0.146. The van der Waals surface area contributed by atoms with Crippen LogP contribution in [0.3, 0.4) is 0 Å². The van der Waals surface area contributed by atoms with Crippen LogP contribution in [0, 0.1) is 0 Å². The van der Waals surface area contributed by atoms with Crippen molar-refractivity contribution in [3.8, 4) is 0 Å². The second-order valence-electron chi connectivity index (χ2n) is 5.01. The Morgan fingerprint density at radius 2 is 2.05 bits per heavy atom. The Labute approximate surface area is 115 Å². The normalized spacial score (nSPS) is 23.4. The molecule has 0 aromatic heterocycles. The van der Waals surface area contributed by atoms with Gasteiger partial charge < -0.3 is 15.1 Å². The zero-order valence-electron chi connectivity index (χ0n) is 11.8. The third-order valence-electron chi connectivity index (χ3n) is 3.40. The number of allylic oxidation sites excluding steroid dienone is 3. The van der Waals surface area contributed by atoms with Crippen molar-refractivity contribution in [3.05, 3.63) is 24.3 Å². The average Bonchev–Trinajstić information content (AvgIpc) is 2.85. The number of aliphatic hydroxyl groups excluding tert-OH is 2. The molecule has 0 bridgehead atoms. The molecule has 1 rings (SSSR count). The smallest absolute Gasteiger partial charge is 0.254 e. The van der Waals surface area contributed by atoms with E-state index < -0.39 is 12.2 Å². The van der Waals surface area contributed by atoms with Crippen molar-refractivity contribution in [1.29, 1.82) is 0 Å².